The Hall–Kier alpha value is -4.00. The van der Waals surface area contributed by atoms with Crippen LogP contribution in [0, 0.1) is 11.8 Å². The molecule has 2 aromatic heterocycles. The fourth-order valence-electron chi connectivity index (χ4n) is 4.58. The van der Waals surface area contributed by atoms with Crippen molar-refractivity contribution in [1.29, 1.82) is 0 Å². The number of Topliss-reactive ketones (excluding diaryl/α,β-unsaturated/α-hetero) is 1. The van der Waals surface area contributed by atoms with Gasteiger partial charge in [-0.25, -0.2) is 9.97 Å². The van der Waals surface area contributed by atoms with Crippen LogP contribution in [0.15, 0.2) is 60.9 Å². The lowest BCUT2D eigenvalue weighted by Crippen LogP contribution is -2.25. The molecule has 2 heterocycles. The van der Waals surface area contributed by atoms with Crippen LogP contribution in [0.2, 0.25) is 0 Å². The minimum absolute atomic E-state index is 0.0251. The van der Waals surface area contributed by atoms with Gasteiger partial charge in [0.05, 0.1) is 17.6 Å². The van der Waals surface area contributed by atoms with Crippen LogP contribution in [0.25, 0.3) is 28.2 Å². The van der Waals surface area contributed by atoms with Gasteiger partial charge in [-0.15, -0.1) is 0 Å². The number of rotatable bonds is 10. The second-order valence-electron chi connectivity index (χ2n) is 11.1. The molecule has 7 heteroatoms. The lowest BCUT2D eigenvalue weighted by atomic mass is 10.0. The van der Waals surface area contributed by atoms with Crippen molar-refractivity contribution in [3.05, 3.63) is 72.1 Å². The lowest BCUT2D eigenvalue weighted by molar-refractivity contribution is 0.0948. The maximum Gasteiger partial charge on any atom is 0.251 e. The minimum Gasteiger partial charge on any atom is -0.367 e. The summed E-state index contributed by atoms with van der Waals surface area (Å²) in [4.78, 5) is 34.6. The highest BCUT2D eigenvalue weighted by molar-refractivity contribution is 5.97. The number of ketones is 1. The Balaban J connectivity index is 1.34. The predicted octanol–water partition coefficient (Wildman–Crippen LogP) is 6.01. The summed E-state index contributed by atoms with van der Waals surface area (Å²) in [6.07, 6.45) is 8.95. The average Bonchev–Trinajstić information content (AvgIpc) is 3.86. The second-order valence-corrected chi connectivity index (χ2v) is 11.1. The Labute approximate surface area is 222 Å². The van der Waals surface area contributed by atoms with Crippen molar-refractivity contribution in [2.45, 2.75) is 52.0 Å². The van der Waals surface area contributed by atoms with Crippen LogP contribution in [0.4, 0.5) is 5.82 Å². The molecule has 2 fully saturated rings. The first kappa shape index (κ1) is 24.3. The molecule has 0 atom stereocenters. The molecule has 2 saturated carbocycles. The summed E-state index contributed by atoms with van der Waals surface area (Å²) in [6.45, 7) is 5.08. The zero-order chi connectivity index (χ0) is 26.2. The largest absolute Gasteiger partial charge is 0.367 e. The van der Waals surface area contributed by atoms with Crippen molar-refractivity contribution in [1.82, 2.24) is 19.7 Å². The normalized spacial score (nSPS) is 15.1. The Morgan fingerprint density at radius 1 is 0.947 bits per heavy atom. The standard InChI is InChI=1S/C31H33N5O2/c1-19(2)16-32-29-30-33-17-27(22-7-11-24(12-8-22)31(38)34-25-13-14-25)36(30)18-26(35-29)21-5-9-23(10-6-21)28(37)15-20-3-4-20/h5-12,17-20,25H,3-4,13-16H2,1-2H3,(H,32,35)(H,34,38). The van der Waals surface area contributed by atoms with Crippen molar-refractivity contribution < 1.29 is 9.59 Å². The number of aromatic nitrogens is 3. The molecular formula is C31H33N5O2. The smallest absolute Gasteiger partial charge is 0.251 e. The molecule has 2 aromatic carbocycles. The molecule has 2 aliphatic rings. The molecule has 0 bridgehead atoms. The monoisotopic (exact) mass is 507 g/mol. The van der Waals surface area contributed by atoms with Crippen LogP contribution in [0.5, 0.6) is 0 Å². The molecule has 0 aliphatic heterocycles. The highest BCUT2D eigenvalue weighted by atomic mass is 16.1. The molecule has 7 nitrogen and oxygen atoms in total. The maximum atomic E-state index is 12.5. The highest BCUT2D eigenvalue weighted by Gasteiger charge is 2.25. The van der Waals surface area contributed by atoms with Crippen molar-refractivity contribution in [3.63, 3.8) is 0 Å². The Bertz CT molecular complexity index is 1480. The minimum atomic E-state index is -0.0251. The Morgan fingerprint density at radius 2 is 1.63 bits per heavy atom. The number of nitrogens with one attached hydrogen (secondary N) is 2. The zero-order valence-electron chi connectivity index (χ0n) is 21.9. The second kappa shape index (κ2) is 10.0. The van der Waals surface area contributed by atoms with E-state index < -0.39 is 0 Å². The topological polar surface area (TPSA) is 88.4 Å². The highest BCUT2D eigenvalue weighted by Crippen LogP contribution is 2.34. The maximum absolute atomic E-state index is 12.5. The third-order valence-corrected chi connectivity index (χ3v) is 7.20. The first-order valence-electron chi connectivity index (χ1n) is 13.6. The van der Waals surface area contributed by atoms with Gasteiger partial charge in [-0.3, -0.25) is 14.0 Å². The van der Waals surface area contributed by atoms with Gasteiger partial charge >= 0.3 is 0 Å². The number of hydrogen-bond donors (Lipinski definition) is 2. The van der Waals surface area contributed by atoms with Crippen LogP contribution < -0.4 is 10.6 Å². The summed E-state index contributed by atoms with van der Waals surface area (Å²) < 4.78 is 2.05. The molecule has 2 aliphatic carbocycles. The van der Waals surface area contributed by atoms with Crippen LogP contribution in [-0.4, -0.2) is 38.6 Å². The number of benzene rings is 2. The van der Waals surface area contributed by atoms with Gasteiger partial charge in [0.1, 0.15) is 0 Å². The van der Waals surface area contributed by atoms with Crippen molar-refractivity contribution >= 4 is 23.2 Å². The van der Waals surface area contributed by atoms with Gasteiger partial charge in [0, 0.05) is 47.5 Å². The van der Waals surface area contributed by atoms with E-state index >= 15 is 0 Å². The molecule has 0 radical (unpaired) electrons. The predicted molar refractivity (Wildman–Crippen MR) is 149 cm³/mol. The van der Waals surface area contributed by atoms with Crippen molar-refractivity contribution in [3.8, 4) is 22.5 Å². The average molecular weight is 508 g/mol. The molecule has 0 unspecified atom stereocenters. The molecule has 4 aromatic rings. The van der Waals surface area contributed by atoms with Crippen LogP contribution in [0.3, 0.4) is 0 Å². The van der Waals surface area contributed by atoms with E-state index in [1.807, 2.05) is 60.9 Å². The van der Waals surface area contributed by atoms with Crippen LogP contribution in [0.1, 0.15) is 66.7 Å². The summed E-state index contributed by atoms with van der Waals surface area (Å²) in [7, 11) is 0. The Kier molecular flexibility index (Phi) is 6.44. The van der Waals surface area contributed by atoms with E-state index in [1.54, 1.807) is 0 Å². The van der Waals surface area contributed by atoms with Gasteiger partial charge in [-0.2, -0.15) is 0 Å². The van der Waals surface area contributed by atoms with E-state index in [0.717, 1.165) is 58.9 Å². The van der Waals surface area contributed by atoms with E-state index in [0.29, 0.717) is 29.9 Å². The first-order chi connectivity index (χ1) is 18.4. The van der Waals surface area contributed by atoms with Gasteiger partial charge in [0.2, 0.25) is 0 Å². The van der Waals surface area contributed by atoms with Crippen molar-refractivity contribution in [2.75, 3.05) is 11.9 Å². The van der Waals surface area contributed by atoms with E-state index in [-0.39, 0.29) is 11.7 Å². The summed E-state index contributed by atoms with van der Waals surface area (Å²) in [6, 6.07) is 15.8. The van der Waals surface area contributed by atoms with E-state index in [2.05, 4.69) is 28.9 Å². The van der Waals surface area contributed by atoms with Gasteiger partial charge in [0.25, 0.3) is 5.91 Å². The fourth-order valence-corrected chi connectivity index (χ4v) is 4.58. The number of carbonyl (C=O) groups is 2. The molecule has 2 N–H and O–H groups in total. The quantitative estimate of drug-likeness (QED) is 0.257. The molecule has 0 saturated heterocycles. The van der Waals surface area contributed by atoms with Gasteiger partial charge in [-0.05, 0) is 49.7 Å². The number of hydrogen-bond acceptors (Lipinski definition) is 5. The van der Waals surface area contributed by atoms with Gasteiger partial charge in [-0.1, -0.05) is 50.2 Å². The van der Waals surface area contributed by atoms with E-state index in [4.69, 9.17) is 9.97 Å². The first-order valence-corrected chi connectivity index (χ1v) is 13.6. The molecule has 0 spiro atoms. The summed E-state index contributed by atoms with van der Waals surface area (Å²) in [5.41, 5.74) is 5.78. The molecule has 38 heavy (non-hydrogen) atoms. The van der Waals surface area contributed by atoms with E-state index in [1.165, 1.54) is 12.8 Å². The fraction of sp³-hybridized carbons (Fsp3) is 0.355. The SMILES string of the molecule is CC(C)CNc1nc(-c2ccc(C(=O)CC3CC3)cc2)cn2c(-c3ccc(C(=O)NC4CC4)cc3)cnc12. The number of imidazole rings is 1. The number of anilines is 1. The van der Waals surface area contributed by atoms with Gasteiger partial charge in [0.15, 0.2) is 17.2 Å². The van der Waals surface area contributed by atoms with E-state index in [9.17, 15) is 9.59 Å². The molecule has 6 rings (SSSR count). The number of carbonyl (C=O) groups excluding carboxylic acids is 2. The summed E-state index contributed by atoms with van der Waals surface area (Å²) >= 11 is 0. The molecular weight excluding hydrogens is 474 g/mol. The lowest BCUT2D eigenvalue weighted by Gasteiger charge is -2.13. The molecule has 1 amide bonds. The van der Waals surface area contributed by atoms with Gasteiger partial charge < -0.3 is 10.6 Å². The van der Waals surface area contributed by atoms with Crippen LogP contribution >= 0.6 is 0 Å². The third kappa shape index (κ3) is 5.32. The zero-order valence-corrected chi connectivity index (χ0v) is 21.9. The third-order valence-electron chi connectivity index (χ3n) is 7.20. The van der Waals surface area contributed by atoms with Crippen molar-refractivity contribution in [2.24, 2.45) is 11.8 Å². The number of fused-ring (bicyclic) bond motifs is 1. The number of nitrogens with zero attached hydrogens (tertiary/aromatic N) is 3. The number of amides is 1. The van der Waals surface area contributed by atoms with Crippen LogP contribution in [-0.2, 0) is 0 Å². The molecule has 194 valence electrons. The summed E-state index contributed by atoms with van der Waals surface area (Å²) in [5.74, 6) is 1.93. The summed E-state index contributed by atoms with van der Waals surface area (Å²) in [5, 5.41) is 6.51. The Morgan fingerprint density at radius 3 is 2.29 bits per heavy atom.